The highest BCUT2D eigenvalue weighted by Crippen LogP contribution is 2.35. The van der Waals surface area contributed by atoms with Gasteiger partial charge in [-0.15, -0.1) is 0 Å². The summed E-state index contributed by atoms with van der Waals surface area (Å²) in [5.41, 5.74) is 3.43. The Morgan fingerprint density at radius 1 is 1.44 bits per heavy atom. The van der Waals surface area contributed by atoms with Gasteiger partial charge in [-0.1, -0.05) is 6.07 Å². The Kier molecular flexibility index (Phi) is 2.12. The van der Waals surface area contributed by atoms with Gasteiger partial charge in [0.05, 0.1) is 11.6 Å². The molecule has 0 aromatic heterocycles. The molecule has 1 saturated heterocycles. The third-order valence-electron chi connectivity index (χ3n) is 3.64. The molecule has 2 atom stereocenters. The summed E-state index contributed by atoms with van der Waals surface area (Å²) in [6, 6.07) is 9.40. The maximum atomic E-state index is 8.95. The molecule has 82 valence electrons. The molecular formula is C13H15N3. The lowest BCUT2D eigenvalue weighted by molar-refractivity contribution is 0.430. The van der Waals surface area contributed by atoms with Gasteiger partial charge < -0.3 is 10.2 Å². The smallest absolute Gasteiger partial charge is 0.0992 e. The summed E-state index contributed by atoms with van der Waals surface area (Å²) < 4.78 is 0. The average Bonchev–Trinajstić information content (AvgIpc) is 2.67. The second kappa shape index (κ2) is 3.50. The Morgan fingerprint density at radius 3 is 3.12 bits per heavy atom. The molecule has 1 N–H and O–H groups in total. The number of nitrogens with zero attached hydrogens (tertiary/aromatic N) is 2. The van der Waals surface area contributed by atoms with E-state index in [1.807, 2.05) is 12.1 Å². The van der Waals surface area contributed by atoms with Crippen molar-refractivity contribution in [3.63, 3.8) is 0 Å². The third kappa shape index (κ3) is 1.30. The normalized spacial score (nSPS) is 27.1. The number of hydrogen-bond donors (Lipinski definition) is 1. The molecule has 0 saturated carbocycles. The zero-order valence-electron chi connectivity index (χ0n) is 9.40. The zero-order chi connectivity index (χ0) is 11.1. The van der Waals surface area contributed by atoms with E-state index in [1.165, 1.54) is 11.3 Å². The minimum absolute atomic E-state index is 0.522. The molecule has 3 nitrogen and oxygen atoms in total. The molecule has 2 aliphatic heterocycles. The summed E-state index contributed by atoms with van der Waals surface area (Å²) in [7, 11) is 0. The van der Waals surface area contributed by atoms with E-state index in [0.717, 1.165) is 25.1 Å². The molecule has 2 heterocycles. The van der Waals surface area contributed by atoms with Gasteiger partial charge >= 0.3 is 0 Å². The minimum atomic E-state index is 0.522. The highest BCUT2D eigenvalue weighted by Gasteiger charge is 2.34. The first kappa shape index (κ1) is 9.68. The Labute approximate surface area is 95.7 Å². The van der Waals surface area contributed by atoms with Gasteiger partial charge in [0, 0.05) is 30.9 Å². The molecule has 1 unspecified atom stereocenters. The van der Waals surface area contributed by atoms with Gasteiger partial charge in [-0.2, -0.15) is 5.26 Å². The van der Waals surface area contributed by atoms with Crippen LogP contribution in [0.15, 0.2) is 18.2 Å². The molecule has 0 radical (unpaired) electrons. The largest absolute Gasteiger partial charge is 0.363 e. The lowest BCUT2D eigenvalue weighted by Crippen LogP contribution is -2.54. The van der Waals surface area contributed by atoms with Crippen molar-refractivity contribution in [2.45, 2.75) is 25.4 Å². The zero-order valence-corrected chi connectivity index (χ0v) is 9.40. The van der Waals surface area contributed by atoms with Gasteiger partial charge in [0.1, 0.15) is 0 Å². The molecule has 0 spiro atoms. The quantitative estimate of drug-likeness (QED) is 0.705. The van der Waals surface area contributed by atoms with E-state index in [4.69, 9.17) is 5.26 Å². The summed E-state index contributed by atoms with van der Waals surface area (Å²) in [4.78, 5) is 2.48. The number of nitriles is 1. The molecule has 1 aromatic rings. The molecule has 0 amide bonds. The van der Waals surface area contributed by atoms with Crippen LogP contribution in [-0.4, -0.2) is 25.2 Å². The highest BCUT2D eigenvalue weighted by atomic mass is 15.3. The van der Waals surface area contributed by atoms with Crippen molar-refractivity contribution in [1.29, 1.82) is 5.26 Å². The van der Waals surface area contributed by atoms with E-state index < -0.39 is 0 Å². The van der Waals surface area contributed by atoms with Crippen LogP contribution in [0.1, 0.15) is 18.1 Å². The van der Waals surface area contributed by atoms with Crippen molar-refractivity contribution >= 4 is 5.69 Å². The first-order valence-electron chi connectivity index (χ1n) is 5.81. The van der Waals surface area contributed by atoms with Crippen LogP contribution in [0, 0.1) is 11.3 Å². The summed E-state index contributed by atoms with van der Waals surface area (Å²) in [6.07, 6.45) is 1.11. The number of rotatable bonds is 0. The molecular weight excluding hydrogens is 198 g/mol. The van der Waals surface area contributed by atoms with Crippen molar-refractivity contribution in [2.24, 2.45) is 0 Å². The number of nitrogens with one attached hydrogen (secondary N) is 1. The van der Waals surface area contributed by atoms with E-state index >= 15 is 0 Å². The SMILES string of the molecule is CC1CNC[C@H]2Cc3ccc(C#N)cc3N12. The van der Waals surface area contributed by atoms with Crippen LogP contribution in [0.3, 0.4) is 0 Å². The Morgan fingerprint density at radius 2 is 2.31 bits per heavy atom. The molecule has 2 aliphatic rings. The van der Waals surface area contributed by atoms with Crippen LogP contribution in [0.25, 0.3) is 0 Å². The number of anilines is 1. The first-order valence-corrected chi connectivity index (χ1v) is 5.81. The second-order valence-corrected chi connectivity index (χ2v) is 4.73. The van der Waals surface area contributed by atoms with Crippen molar-refractivity contribution in [1.82, 2.24) is 5.32 Å². The van der Waals surface area contributed by atoms with Crippen LogP contribution in [0.4, 0.5) is 5.69 Å². The molecule has 1 aromatic carbocycles. The third-order valence-corrected chi connectivity index (χ3v) is 3.64. The van der Waals surface area contributed by atoms with Crippen molar-refractivity contribution < 1.29 is 0 Å². The first-order chi connectivity index (χ1) is 7.79. The van der Waals surface area contributed by atoms with E-state index in [0.29, 0.717) is 12.1 Å². The lowest BCUT2D eigenvalue weighted by Gasteiger charge is -2.38. The second-order valence-electron chi connectivity index (χ2n) is 4.73. The Balaban J connectivity index is 2.05. The predicted octanol–water partition coefficient (Wildman–Crippen LogP) is 1.28. The van der Waals surface area contributed by atoms with Gasteiger partial charge in [0.15, 0.2) is 0 Å². The fraction of sp³-hybridized carbons (Fsp3) is 0.462. The molecule has 0 bridgehead atoms. The fourth-order valence-corrected chi connectivity index (χ4v) is 2.92. The Bertz CT molecular complexity index is 461. The maximum Gasteiger partial charge on any atom is 0.0992 e. The van der Waals surface area contributed by atoms with Crippen LogP contribution in [-0.2, 0) is 6.42 Å². The van der Waals surface area contributed by atoms with Gasteiger partial charge in [0.2, 0.25) is 0 Å². The minimum Gasteiger partial charge on any atom is -0.363 e. The van der Waals surface area contributed by atoms with Crippen LogP contribution in [0.5, 0.6) is 0 Å². The van der Waals surface area contributed by atoms with Crippen molar-refractivity contribution in [3.05, 3.63) is 29.3 Å². The van der Waals surface area contributed by atoms with Gasteiger partial charge in [-0.3, -0.25) is 0 Å². The summed E-state index contributed by atoms with van der Waals surface area (Å²) >= 11 is 0. The molecule has 1 fully saturated rings. The average molecular weight is 213 g/mol. The molecule has 3 rings (SSSR count). The Hall–Kier alpha value is -1.53. The monoisotopic (exact) mass is 213 g/mol. The van der Waals surface area contributed by atoms with E-state index in [-0.39, 0.29) is 0 Å². The number of benzene rings is 1. The summed E-state index contributed by atoms with van der Waals surface area (Å²) in [5, 5.41) is 12.4. The fourth-order valence-electron chi connectivity index (χ4n) is 2.92. The number of piperazine rings is 1. The highest BCUT2D eigenvalue weighted by molar-refractivity contribution is 5.63. The van der Waals surface area contributed by atoms with Crippen LogP contribution >= 0.6 is 0 Å². The topological polar surface area (TPSA) is 39.1 Å². The number of fused-ring (bicyclic) bond motifs is 3. The van der Waals surface area contributed by atoms with Crippen LogP contribution in [0.2, 0.25) is 0 Å². The summed E-state index contributed by atoms with van der Waals surface area (Å²) in [6.45, 7) is 4.33. The lowest BCUT2D eigenvalue weighted by atomic mass is 10.1. The standard InChI is InChI=1S/C13H15N3/c1-9-7-15-8-12-5-11-3-2-10(6-14)4-13(11)16(9)12/h2-4,9,12,15H,5,7-8H2,1H3/t9?,12-/m1/s1. The van der Waals surface area contributed by atoms with E-state index in [1.54, 1.807) is 0 Å². The van der Waals surface area contributed by atoms with Crippen molar-refractivity contribution in [2.75, 3.05) is 18.0 Å². The van der Waals surface area contributed by atoms with Gasteiger partial charge in [-0.05, 0) is 31.0 Å². The predicted molar refractivity (Wildman–Crippen MR) is 63.5 cm³/mol. The van der Waals surface area contributed by atoms with E-state index in [2.05, 4.69) is 29.3 Å². The molecule has 16 heavy (non-hydrogen) atoms. The van der Waals surface area contributed by atoms with E-state index in [9.17, 15) is 0 Å². The summed E-state index contributed by atoms with van der Waals surface area (Å²) in [5.74, 6) is 0. The molecule has 3 heteroatoms. The number of hydrogen-bond acceptors (Lipinski definition) is 3. The van der Waals surface area contributed by atoms with Gasteiger partial charge in [-0.25, -0.2) is 0 Å². The van der Waals surface area contributed by atoms with Crippen LogP contribution < -0.4 is 10.2 Å². The maximum absolute atomic E-state index is 8.95. The van der Waals surface area contributed by atoms with Crippen molar-refractivity contribution in [3.8, 4) is 6.07 Å². The van der Waals surface area contributed by atoms with Gasteiger partial charge in [0.25, 0.3) is 0 Å². The molecule has 0 aliphatic carbocycles.